The van der Waals surface area contributed by atoms with E-state index in [0.29, 0.717) is 0 Å². The van der Waals surface area contributed by atoms with Crippen molar-refractivity contribution in [1.29, 1.82) is 0 Å². The van der Waals surface area contributed by atoms with E-state index in [0.717, 1.165) is 5.65 Å². The Morgan fingerprint density at radius 3 is 1.83 bits per heavy atom. The smallest absolute Gasteiger partial charge is 0.137 e. The van der Waals surface area contributed by atoms with Gasteiger partial charge < -0.3 is 0 Å². The van der Waals surface area contributed by atoms with Crippen molar-refractivity contribution >= 4 is 29.6 Å². The molecule has 0 aliphatic carbocycles. The minimum absolute atomic E-state index is 0.608. The van der Waals surface area contributed by atoms with Crippen LogP contribution in [0.4, 0.5) is 0 Å². The third kappa shape index (κ3) is 3.25. The highest BCUT2D eigenvalue weighted by atomic mass is 31.1. The molecule has 2 aromatic heterocycles. The fraction of sp³-hybridized carbons (Fsp3) is 0.0952. The summed E-state index contributed by atoms with van der Waals surface area (Å²) in [7, 11) is -0.608. The number of aromatic nitrogens is 2. The maximum absolute atomic E-state index is 4.57. The van der Waals surface area contributed by atoms with E-state index in [1.807, 2.05) is 32.2 Å². The second-order valence-electron chi connectivity index (χ2n) is 5.05. The maximum atomic E-state index is 4.57. The van der Waals surface area contributed by atoms with Crippen LogP contribution in [0.2, 0.25) is 0 Å². The Balaban J connectivity index is 0.000000815. The molecule has 4 aromatic rings. The third-order valence-electron chi connectivity index (χ3n) is 3.66. The SMILES string of the molecule is CC.c1ccc(P(c2ccccc2)c2cnc3ccccn23)cc1. The van der Waals surface area contributed by atoms with Crippen molar-refractivity contribution in [3.05, 3.63) is 91.3 Å². The van der Waals surface area contributed by atoms with E-state index >= 15 is 0 Å². The van der Waals surface area contributed by atoms with E-state index in [1.54, 1.807) is 0 Å². The maximum Gasteiger partial charge on any atom is 0.137 e. The van der Waals surface area contributed by atoms with Crippen LogP contribution in [-0.2, 0) is 0 Å². The Labute approximate surface area is 144 Å². The first-order chi connectivity index (χ1) is 11.9. The normalized spacial score (nSPS) is 10.5. The second-order valence-corrected chi connectivity index (χ2v) is 7.21. The summed E-state index contributed by atoms with van der Waals surface area (Å²) >= 11 is 0. The number of pyridine rings is 1. The molecule has 2 aromatic carbocycles. The summed E-state index contributed by atoms with van der Waals surface area (Å²) in [6, 6.07) is 27.5. The standard InChI is InChI=1S/C19H15N2P.C2H6/c1-3-9-16(10-4-1)22(17-11-5-2-6-12-17)19-15-20-18-13-7-8-14-21(18)19;1-2/h1-15H;1-2H3. The zero-order chi connectivity index (χ0) is 16.8. The molecule has 0 spiro atoms. The van der Waals surface area contributed by atoms with Crippen LogP contribution in [0.3, 0.4) is 0 Å². The molecule has 2 nitrogen and oxygen atoms in total. The number of fused-ring (bicyclic) bond motifs is 1. The van der Waals surface area contributed by atoms with E-state index in [4.69, 9.17) is 0 Å². The van der Waals surface area contributed by atoms with E-state index in [2.05, 4.69) is 82.3 Å². The number of nitrogens with zero attached hydrogens (tertiary/aromatic N) is 2. The van der Waals surface area contributed by atoms with E-state index in [1.165, 1.54) is 16.0 Å². The second kappa shape index (κ2) is 7.90. The van der Waals surface area contributed by atoms with Gasteiger partial charge in [0.25, 0.3) is 0 Å². The van der Waals surface area contributed by atoms with Gasteiger partial charge in [0, 0.05) is 14.1 Å². The van der Waals surface area contributed by atoms with Crippen molar-refractivity contribution in [2.45, 2.75) is 13.8 Å². The quantitative estimate of drug-likeness (QED) is 0.516. The summed E-state index contributed by atoms with van der Waals surface area (Å²) in [6.45, 7) is 4.00. The summed E-state index contributed by atoms with van der Waals surface area (Å²) in [5.74, 6) is 0. The molecule has 0 atom stereocenters. The fourth-order valence-corrected chi connectivity index (χ4v) is 4.98. The molecular weight excluding hydrogens is 311 g/mol. The van der Waals surface area contributed by atoms with Gasteiger partial charge in [0.1, 0.15) is 5.65 Å². The monoisotopic (exact) mass is 332 g/mol. The third-order valence-corrected chi connectivity index (χ3v) is 6.07. The minimum atomic E-state index is -0.608. The highest BCUT2D eigenvalue weighted by Gasteiger charge is 2.19. The van der Waals surface area contributed by atoms with Gasteiger partial charge in [0.15, 0.2) is 0 Å². The van der Waals surface area contributed by atoms with Gasteiger partial charge >= 0.3 is 0 Å². The topological polar surface area (TPSA) is 17.3 Å². The lowest BCUT2D eigenvalue weighted by molar-refractivity contribution is 1.22. The van der Waals surface area contributed by atoms with Crippen molar-refractivity contribution in [2.24, 2.45) is 0 Å². The molecule has 0 radical (unpaired) electrons. The molecule has 0 unspecified atom stereocenters. The minimum Gasteiger partial charge on any atom is -0.299 e. The largest absolute Gasteiger partial charge is 0.299 e. The van der Waals surface area contributed by atoms with Gasteiger partial charge in [-0.05, 0) is 22.7 Å². The Kier molecular flexibility index (Phi) is 5.40. The van der Waals surface area contributed by atoms with Crippen molar-refractivity contribution in [3.63, 3.8) is 0 Å². The van der Waals surface area contributed by atoms with Crippen LogP contribution in [0.15, 0.2) is 91.3 Å². The van der Waals surface area contributed by atoms with Crippen molar-refractivity contribution < 1.29 is 0 Å². The molecule has 24 heavy (non-hydrogen) atoms. The van der Waals surface area contributed by atoms with Gasteiger partial charge in [0.05, 0.1) is 11.6 Å². The fourth-order valence-electron chi connectivity index (χ4n) is 2.65. The summed E-state index contributed by atoms with van der Waals surface area (Å²) < 4.78 is 2.20. The summed E-state index contributed by atoms with van der Waals surface area (Å²) in [6.07, 6.45) is 4.11. The summed E-state index contributed by atoms with van der Waals surface area (Å²) in [4.78, 5) is 4.57. The highest BCUT2D eigenvalue weighted by molar-refractivity contribution is 7.79. The molecule has 0 saturated heterocycles. The zero-order valence-electron chi connectivity index (χ0n) is 14.0. The summed E-state index contributed by atoms with van der Waals surface area (Å²) in [5.41, 5.74) is 2.25. The van der Waals surface area contributed by atoms with Crippen LogP contribution >= 0.6 is 7.92 Å². The molecule has 0 fully saturated rings. The van der Waals surface area contributed by atoms with Crippen LogP contribution < -0.4 is 16.0 Å². The molecule has 3 heteroatoms. The number of rotatable bonds is 3. The van der Waals surface area contributed by atoms with Gasteiger partial charge in [-0.2, -0.15) is 0 Å². The van der Waals surface area contributed by atoms with Gasteiger partial charge in [-0.3, -0.25) is 4.40 Å². The Morgan fingerprint density at radius 1 is 0.708 bits per heavy atom. The molecule has 2 heterocycles. The van der Waals surface area contributed by atoms with E-state index in [9.17, 15) is 0 Å². The number of imidazole rings is 1. The van der Waals surface area contributed by atoms with E-state index in [-0.39, 0.29) is 0 Å². The van der Waals surface area contributed by atoms with Crippen LogP contribution in [-0.4, -0.2) is 9.38 Å². The average molecular weight is 332 g/mol. The van der Waals surface area contributed by atoms with E-state index < -0.39 is 7.92 Å². The first kappa shape index (κ1) is 16.4. The average Bonchev–Trinajstić information content (AvgIpc) is 3.09. The predicted octanol–water partition coefficient (Wildman–Crippen LogP) is 4.12. The number of hydrogen-bond acceptors (Lipinski definition) is 1. The number of hydrogen-bond donors (Lipinski definition) is 0. The highest BCUT2D eigenvalue weighted by Crippen LogP contribution is 2.32. The summed E-state index contributed by atoms with van der Waals surface area (Å²) in [5, 5.41) is 2.68. The first-order valence-electron chi connectivity index (χ1n) is 8.26. The molecular formula is C21H21N2P. The molecule has 0 aliphatic heterocycles. The van der Waals surface area contributed by atoms with Crippen LogP contribution in [0.5, 0.6) is 0 Å². The Bertz CT molecular complexity index is 846. The van der Waals surface area contributed by atoms with Crippen molar-refractivity contribution in [2.75, 3.05) is 0 Å². The van der Waals surface area contributed by atoms with Gasteiger partial charge in [-0.15, -0.1) is 0 Å². The molecule has 0 bridgehead atoms. The predicted molar refractivity (Wildman–Crippen MR) is 105 cm³/mol. The van der Waals surface area contributed by atoms with Crippen LogP contribution in [0.1, 0.15) is 13.8 Å². The molecule has 120 valence electrons. The molecule has 0 amide bonds. The lowest BCUT2D eigenvalue weighted by Gasteiger charge is -2.18. The van der Waals surface area contributed by atoms with Crippen LogP contribution in [0.25, 0.3) is 5.65 Å². The van der Waals surface area contributed by atoms with Gasteiger partial charge in [0.2, 0.25) is 0 Å². The lowest BCUT2D eigenvalue weighted by Crippen LogP contribution is -2.23. The number of benzene rings is 2. The zero-order valence-corrected chi connectivity index (χ0v) is 14.9. The molecule has 4 rings (SSSR count). The molecule has 0 N–H and O–H groups in total. The van der Waals surface area contributed by atoms with Gasteiger partial charge in [-0.25, -0.2) is 4.98 Å². The first-order valence-corrected chi connectivity index (χ1v) is 9.60. The van der Waals surface area contributed by atoms with Crippen molar-refractivity contribution in [3.8, 4) is 0 Å². The molecule has 0 saturated carbocycles. The lowest BCUT2D eigenvalue weighted by atomic mass is 10.4. The Morgan fingerprint density at radius 2 is 1.25 bits per heavy atom. The van der Waals surface area contributed by atoms with Crippen molar-refractivity contribution in [1.82, 2.24) is 9.38 Å². The Hall–Kier alpha value is -2.44. The van der Waals surface area contributed by atoms with Crippen LogP contribution in [0, 0.1) is 0 Å². The molecule has 0 aliphatic rings. The van der Waals surface area contributed by atoms with Gasteiger partial charge in [-0.1, -0.05) is 80.6 Å².